The first kappa shape index (κ1) is 9.35. The molecule has 0 amide bonds. The molecule has 1 aliphatic rings. The van der Waals surface area contributed by atoms with Crippen LogP contribution in [-0.4, -0.2) is 5.66 Å². The number of rotatable bonds is 2. The first-order chi connectivity index (χ1) is 7.29. The van der Waals surface area contributed by atoms with Crippen LogP contribution in [0, 0.1) is 11.3 Å². The van der Waals surface area contributed by atoms with Gasteiger partial charge in [0.25, 0.3) is 0 Å². The molecule has 15 heavy (non-hydrogen) atoms. The Morgan fingerprint density at radius 2 is 1.87 bits per heavy atom. The Hall–Kier alpha value is -2.21. The zero-order valence-electron chi connectivity index (χ0n) is 8.09. The molecule has 0 fully saturated rings. The highest BCUT2D eigenvalue weighted by Gasteiger charge is 2.23. The number of nitriles is 1. The highest BCUT2D eigenvalue weighted by molar-refractivity contribution is 5.24. The molecule has 0 unspecified atom stereocenters. The maximum absolute atomic E-state index is 8.50. The maximum atomic E-state index is 8.50. The molecule has 0 saturated carbocycles. The second kappa shape index (κ2) is 3.50. The van der Waals surface area contributed by atoms with E-state index in [-0.39, 0.29) is 0 Å². The number of para-hydroxylation sites is 2. The number of hydrogen-bond donors (Lipinski definition) is 0. The smallest absolute Gasteiger partial charge is 0.189 e. The maximum Gasteiger partial charge on any atom is 0.189 e. The standard InChI is InChI=1S/C12H9N3/c1-2-12(8-5-9-13)14-10-6-3-4-7-11(10)15-12/h2-8H,1H2. The van der Waals surface area contributed by atoms with E-state index in [2.05, 4.69) is 16.6 Å². The molecule has 0 N–H and O–H groups in total. The van der Waals surface area contributed by atoms with Crippen molar-refractivity contribution in [2.75, 3.05) is 0 Å². The van der Waals surface area contributed by atoms with Crippen molar-refractivity contribution in [3.05, 3.63) is 59.8 Å². The van der Waals surface area contributed by atoms with Crippen LogP contribution >= 0.6 is 0 Å². The van der Waals surface area contributed by atoms with Gasteiger partial charge in [0.2, 0.25) is 0 Å². The molecule has 0 spiro atoms. The van der Waals surface area contributed by atoms with E-state index in [0.717, 1.165) is 10.7 Å². The summed E-state index contributed by atoms with van der Waals surface area (Å²) in [5, 5.41) is 10.2. The number of hydrogen-bond acceptors (Lipinski definition) is 3. The van der Waals surface area contributed by atoms with Gasteiger partial charge >= 0.3 is 0 Å². The number of fused-ring (bicyclic) bond motifs is 1. The highest BCUT2D eigenvalue weighted by Crippen LogP contribution is 2.16. The summed E-state index contributed by atoms with van der Waals surface area (Å²) in [6.07, 6.45) is 4.64. The molecule has 0 radical (unpaired) electrons. The third kappa shape index (κ3) is 1.57. The molecule has 0 aliphatic carbocycles. The number of benzene rings is 1. The van der Waals surface area contributed by atoms with Gasteiger partial charge in [0, 0.05) is 6.08 Å². The van der Waals surface area contributed by atoms with Crippen molar-refractivity contribution in [3.63, 3.8) is 0 Å². The van der Waals surface area contributed by atoms with E-state index in [4.69, 9.17) is 5.26 Å². The molecule has 0 saturated heterocycles. The van der Waals surface area contributed by atoms with E-state index in [1.165, 1.54) is 6.08 Å². The van der Waals surface area contributed by atoms with E-state index in [9.17, 15) is 0 Å². The number of allylic oxidation sites excluding steroid dienone is 1. The third-order valence-electron chi connectivity index (χ3n) is 2.18. The normalized spacial score (nSPS) is 16.2. The summed E-state index contributed by atoms with van der Waals surface area (Å²) in [7, 11) is 0. The van der Waals surface area contributed by atoms with Crippen LogP contribution in [0.2, 0.25) is 0 Å². The van der Waals surface area contributed by atoms with E-state index >= 15 is 0 Å². The van der Waals surface area contributed by atoms with Gasteiger partial charge in [-0.25, -0.2) is 9.98 Å². The van der Waals surface area contributed by atoms with Gasteiger partial charge in [-0.15, -0.1) is 0 Å². The van der Waals surface area contributed by atoms with Crippen LogP contribution < -0.4 is 10.7 Å². The molecule has 0 bridgehead atoms. The molecule has 3 nitrogen and oxygen atoms in total. The predicted octanol–water partition coefficient (Wildman–Crippen LogP) is 0.901. The summed E-state index contributed by atoms with van der Waals surface area (Å²) >= 11 is 0. The summed E-state index contributed by atoms with van der Waals surface area (Å²) in [5.41, 5.74) is -0.792. The van der Waals surface area contributed by atoms with Gasteiger partial charge in [0.05, 0.1) is 16.8 Å². The van der Waals surface area contributed by atoms with Crippen LogP contribution in [0.25, 0.3) is 0 Å². The molecular formula is C12H9N3. The zero-order chi connectivity index (χ0) is 10.7. The summed E-state index contributed by atoms with van der Waals surface area (Å²) in [6.45, 7) is 3.70. The van der Waals surface area contributed by atoms with Gasteiger partial charge < -0.3 is 0 Å². The van der Waals surface area contributed by atoms with Crippen LogP contribution in [0.4, 0.5) is 0 Å². The van der Waals surface area contributed by atoms with E-state index in [0.29, 0.717) is 0 Å². The molecule has 72 valence electrons. The zero-order valence-corrected chi connectivity index (χ0v) is 8.09. The summed E-state index contributed by atoms with van der Waals surface area (Å²) in [6, 6.07) is 9.53. The van der Waals surface area contributed by atoms with E-state index in [1.54, 1.807) is 12.2 Å². The Bertz CT molecular complexity index is 541. The molecule has 1 aromatic rings. The molecule has 0 atom stereocenters. The van der Waals surface area contributed by atoms with Crippen molar-refractivity contribution in [3.8, 4) is 6.07 Å². The number of nitrogens with zero attached hydrogens (tertiary/aromatic N) is 3. The second-order valence-corrected chi connectivity index (χ2v) is 3.16. The lowest BCUT2D eigenvalue weighted by atomic mass is 10.2. The fourth-order valence-corrected chi connectivity index (χ4v) is 1.46. The topological polar surface area (TPSA) is 48.5 Å². The lowest BCUT2D eigenvalue weighted by molar-refractivity contribution is 0.695. The van der Waals surface area contributed by atoms with Gasteiger partial charge in [-0.2, -0.15) is 5.26 Å². The summed E-state index contributed by atoms with van der Waals surface area (Å²) in [4.78, 5) is 8.83. The van der Waals surface area contributed by atoms with Gasteiger partial charge in [-0.1, -0.05) is 18.7 Å². The molecule has 1 heterocycles. The van der Waals surface area contributed by atoms with Crippen molar-refractivity contribution in [1.82, 2.24) is 0 Å². The van der Waals surface area contributed by atoms with Crippen LogP contribution in [0.15, 0.2) is 59.1 Å². The average molecular weight is 195 g/mol. The second-order valence-electron chi connectivity index (χ2n) is 3.16. The van der Waals surface area contributed by atoms with Crippen molar-refractivity contribution in [2.24, 2.45) is 9.98 Å². The molecule has 1 aromatic carbocycles. The Balaban J connectivity index is 2.61. The predicted molar refractivity (Wildman–Crippen MR) is 56.4 cm³/mol. The van der Waals surface area contributed by atoms with E-state index in [1.807, 2.05) is 30.3 Å². The Morgan fingerprint density at radius 3 is 2.33 bits per heavy atom. The quantitative estimate of drug-likeness (QED) is 0.511. The minimum absolute atomic E-state index is 0.792. The first-order valence-electron chi connectivity index (χ1n) is 4.55. The lowest BCUT2D eigenvalue weighted by Crippen LogP contribution is -2.19. The Morgan fingerprint density at radius 1 is 1.27 bits per heavy atom. The molecular weight excluding hydrogens is 186 g/mol. The minimum atomic E-state index is -0.792. The minimum Gasteiger partial charge on any atom is -0.245 e. The van der Waals surface area contributed by atoms with Crippen LogP contribution in [0.5, 0.6) is 0 Å². The van der Waals surface area contributed by atoms with Crippen molar-refractivity contribution in [1.29, 1.82) is 5.26 Å². The largest absolute Gasteiger partial charge is 0.245 e. The van der Waals surface area contributed by atoms with Gasteiger partial charge in [0.1, 0.15) is 0 Å². The first-order valence-corrected chi connectivity index (χ1v) is 4.55. The van der Waals surface area contributed by atoms with Gasteiger partial charge in [-0.3, -0.25) is 0 Å². The fourth-order valence-electron chi connectivity index (χ4n) is 1.46. The van der Waals surface area contributed by atoms with Crippen LogP contribution in [-0.2, 0) is 0 Å². The average Bonchev–Trinajstić information content (AvgIpc) is 2.65. The molecule has 0 aromatic heterocycles. The monoisotopic (exact) mass is 195 g/mol. The Labute approximate surface area is 87.4 Å². The van der Waals surface area contributed by atoms with E-state index < -0.39 is 5.66 Å². The summed E-state index contributed by atoms with van der Waals surface area (Å²) < 4.78 is 0. The molecule has 2 rings (SSSR count). The molecule has 3 heteroatoms. The lowest BCUT2D eigenvalue weighted by Gasteiger charge is -2.11. The summed E-state index contributed by atoms with van der Waals surface area (Å²) in [5.74, 6) is 0. The molecule has 1 aliphatic heterocycles. The van der Waals surface area contributed by atoms with Crippen molar-refractivity contribution >= 4 is 0 Å². The SMILES string of the molecule is C=CC1(C=CC#N)N=c2ccccc2=N1. The van der Waals surface area contributed by atoms with Crippen molar-refractivity contribution in [2.45, 2.75) is 5.66 Å². The van der Waals surface area contributed by atoms with Crippen LogP contribution in [0.3, 0.4) is 0 Å². The van der Waals surface area contributed by atoms with Gasteiger partial charge in [0.15, 0.2) is 5.66 Å². The third-order valence-corrected chi connectivity index (χ3v) is 2.18. The Kier molecular flexibility index (Phi) is 2.18. The fraction of sp³-hybridized carbons (Fsp3) is 0.0833. The van der Waals surface area contributed by atoms with Gasteiger partial charge in [-0.05, 0) is 24.3 Å². The van der Waals surface area contributed by atoms with Crippen LogP contribution in [0.1, 0.15) is 0 Å². The highest BCUT2D eigenvalue weighted by atomic mass is 15.1. The van der Waals surface area contributed by atoms with Crippen molar-refractivity contribution < 1.29 is 0 Å².